The predicted molar refractivity (Wildman–Crippen MR) is 121 cm³/mol. The van der Waals surface area contributed by atoms with Crippen molar-refractivity contribution in [3.05, 3.63) is 65.8 Å². The largest absolute Gasteiger partial charge is 0.397 e. The zero-order chi connectivity index (χ0) is 21.5. The van der Waals surface area contributed by atoms with Crippen molar-refractivity contribution in [1.82, 2.24) is 20.2 Å². The van der Waals surface area contributed by atoms with E-state index in [1.54, 1.807) is 12.1 Å². The number of allylic oxidation sites excluding steroid dienone is 3. The Labute approximate surface area is 176 Å². The van der Waals surface area contributed by atoms with Gasteiger partial charge in [-0.1, -0.05) is 6.07 Å². The first-order valence-electron chi connectivity index (χ1n) is 9.77. The van der Waals surface area contributed by atoms with E-state index in [2.05, 4.69) is 15.2 Å². The molecule has 0 saturated carbocycles. The van der Waals surface area contributed by atoms with E-state index in [-0.39, 0.29) is 5.71 Å². The molecule has 0 aliphatic carbocycles. The van der Waals surface area contributed by atoms with Gasteiger partial charge in [0.05, 0.1) is 29.0 Å². The number of nitrogens with zero attached hydrogens (tertiary/aromatic N) is 4. The lowest BCUT2D eigenvalue weighted by Gasteiger charge is -2.28. The summed E-state index contributed by atoms with van der Waals surface area (Å²) in [5.41, 5.74) is 9.01. The monoisotopic (exact) mass is 405 g/mol. The SMILES string of the molecule is CN(C)/C=C\C(=C/C=O)c1cc(C(=N)c2cccc(N3CCNCC3)n2)c(N)cn1. The molecule has 0 unspecified atom stereocenters. The number of hydrogen-bond acceptors (Lipinski definition) is 8. The number of hydrogen-bond donors (Lipinski definition) is 3. The fourth-order valence-corrected chi connectivity index (χ4v) is 3.14. The van der Waals surface area contributed by atoms with E-state index in [4.69, 9.17) is 16.1 Å². The van der Waals surface area contributed by atoms with Crippen molar-refractivity contribution in [2.45, 2.75) is 0 Å². The number of rotatable bonds is 7. The molecule has 0 spiro atoms. The van der Waals surface area contributed by atoms with Crippen LogP contribution in [-0.2, 0) is 4.79 Å². The highest BCUT2D eigenvalue weighted by Gasteiger charge is 2.16. The molecule has 1 fully saturated rings. The van der Waals surface area contributed by atoms with Gasteiger partial charge >= 0.3 is 0 Å². The van der Waals surface area contributed by atoms with Crippen LogP contribution >= 0.6 is 0 Å². The van der Waals surface area contributed by atoms with Crippen molar-refractivity contribution in [1.29, 1.82) is 5.41 Å². The van der Waals surface area contributed by atoms with E-state index in [1.807, 2.05) is 43.4 Å². The smallest absolute Gasteiger partial charge is 0.143 e. The molecule has 156 valence electrons. The highest BCUT2D eigenvalue weighted by Crippen LogP contribution is 2.22. The van der Waals surface area contributed by atoms with Crippen LogP contribution in [0.25, 0.3) is 5.57 Å². The van der Waals surface area contributed by atoms with E-state index >= 15 is 0 Å². The lowest BCUT2D eigenvalue weighted by molar-refractivity contribution is -0.104. The standard InChI is InChI=1S/C22H27N7O/c1-28(2)10-6-16(7-13-30)20-14-17(18(23)15-26-20)22(24)19-4-3-5-21(27-19)29-11-8-25-9-12-29/h3-7,10,13-15,24-25H,8-9,11-12,23H2,1-2H3/b10-6-,16-7+,24-22?. The molecule has 2 aromatic rings. The molecular formula is C22H27N7O. The molecule has 0 atom stereocenters. The molecule has 8 nitrogen and oxygen atoms in total. The zero-order valence-corrected chi connectivity index (χ0v) is 17.3. The van der Waals surface area contributed by atoms with Crippen molar-refractivity contribution in [2.24, 2.45) is 0 Å². The molecule has 3 heterocycles. The fraction of sp³-hybridized carbons (Fsp3) is 0.273. The molecule has 3 rings (SSSR count). The van der Waals surface area contributed by atoms with Crippen LogP contribution < -0.4 is 16.0 Å². The first-order valence-corrected chi connectivity index (χ1v) is 9.77. The summed E-state index contributed by atoms with van der Waals surface area (Å²) in [6.45, 7) is 3.58. The topological polar surface area (TPSA) is 111 Å². The lowest BCUT2D eigenvalue weighted by Crippen LogP contribution is -2.44. The molecular weight excluding hydrogens is 378 g/mol. The first kappa shape index (κ1) is 21.2. The number of anilines is 2. The fourth-order valence-electron chi connectivity index (χ4n) is 3.14. The van der Waals surface area contributed by atoms with Gasteiger partial charge in [0, 0.05) is 51.4 Å². The number of aromatic nitrogens is 2. The Kier molecular flexibility index (Phi) is 6.92. The summed E-state index contributed by atoms with van der Waals surface area (Å²) in [6.07, 6.45) is 7.30. The summed E-state index contributed by atoms with van der Waals surface area (Å²) < 4.78 is 0. The number of nitrogens with two attached hydrogens (primary N) is 1. The van der Waals surface area contributed by atoms with Crippen LogP contribution in [0.15, 0.2) is 48.8 Å². The number of carbonyl (C=O) groups excluding carboxylic acids is 1. The minimum atomic E-state index is 0.218. The van der Waals surface area contributed by atoms with Crippen LogP contribution in [0.4, 0.5) is 11.5 Å². The average molecular weight is 406 g/mol. The maximum Gasteiger partial charge on any atom is 0.143 e. The molecule has 0 radical (unpaired) electrons. The summed E-state index contributed by atoms with van der Waals surface area (Å²) in [5, 5.41) is 12.0. The number of piperazine rings is 1. The van der Waals surface area contributed by atoms with Gasteiger partial charge in [-0.3, -0.25) is 15.2 Å². The molecule has 4 N–H and O–H groups in total. The molecule has 0 bridgehead atoms. The van der Waals surface area contributed by atoms with Crippen LogP contribution in [-0.4, -0.2) is 67.1 Å². The summed E-state index contributed by atoms with van der Waals surface area (Å²) in [7, 11) is 3.78. The van der Waals surface area contributed by atoms with Crippen LogP contribution in [0.2, 0.25) is 0 Å². The molecule has 30 heavy (non-hydrogen) atoms. The normalized spacial score (nSPS) is 14.7. The molecule has 0 aromatic carbocycles. The third-order valence-corrected chi connectivity index (χ3v) is 4.73. The van der Waals surface area contributed by atoms with Crippen molar-refractivity contribution < 1.29 is 4.79 Å². The summed E-state index contributed by atoms with van der Waals surface area (Å²) >= 11 is 0. The van der Waals surface area contributed by atoms with Gasteiger partial charge in [0.2, 0.25) is 0 Å². The van der Waals surface area contributed by atoms with Gasteiger partial charge in [-0.05, 0) is 36.6 Å². The van der Waals surface area contributed by atoms with Crippen LogP contribution in [0.1, 0.15) is 17.0 Å². The number of pyridine rings is 2. The van der Waals surface area contributed by atoms with Gasteiger partial charge < -0.3 is 20.9 Å². The van der Waals surface area contributed by atoms with Crippen molar-refractivity contribution in [3.8, 4) is 0 Å². The third kappa shape index (κ3) is 5.09. The summed E-state index contributed by atoms with van der Waals surface area (Å²) in [5.74, 6) is 0.849. The third-order valence-electron chi connectivity index (χ3n) is 4.73. The van der Waals surface area contributed by atoms with E-state index in [0.717, 1.165) is 38.3 Å². The summed E-state index contributed by atoms with van der Waals surface area (Å²) in [4.78, 5) is 24.2. The Morgan fingerprint density at radius 3 is 2.73 bits per heavy atom. The van der Waals surface area contributed by atoms with Gasteiger partial charge in [-0.15, -0.1) is 0 Å². The van der Waals surface area contributed by atoms with Gasteiger partial charge in [-0.2, -0.15) is 0 Å². The predicted octanol–water partition coefficient (Wildman–Crippen LogP) is 1.54. The average Bonchev–Trinajstić information content (AvgIpc) is 2.77. The Hall–Kier alpha value is -3.52. The summed E-state index contributed by atoms with van der Waals surface area (Å²) in [6, 6.07) is 7.40. The highest BCUT2D eigenvalue weighted by molar-refractivity contribution is 6.13. The maximum absolute atomic E-state index is 11.1. The molecule has 8 heteroatoms. The number of aldehydes is 1. The molecule has 1 aliphatic rings. The number of nitrogens with one attached hydrogen (secondary N) is 2. The van der Waals surface area contributed by atoms with Gasteiger partial charge in [0.25, 0.3) is 0 Å². The minimum absolute atomic E-state index is 0.218. The van der Waals surface area contributed by atoms with Crippen LogP contribution in [0, 0.1) is 5.41 Å². The Morgan fingerprint density at radius 1 is 1.27 bits per heavy atom. The van der Waals surface area contributed by atoms with Crippen molar-refractivity contribution in [3.63, 3.8) is 0 Å². The Morgan fingerprint density at radius 2 is 2.03 bits per heavy atom. The number of nitrogen functional groups attached to an aromatic ring is 1. The molecule has 0 amide bonds. The van der Waals surface area contributed by atoms with E-state index in [1.165, 1.54) is 12.3 Å². The van der Waals surface area contributed by atoms with Crippen LogP contribution in [0.5, 0.6) is 0 Å². The lowest BCUT2D eigenvalue weighted by atomic mass is 10.0. The van der Waals surface area contributed by atoms with E-state index in [0.29, 0.717) is 28.2 Å². The Bertz CT molecular complexity index is 975. The van der Waals surface area contributed by atoms with Crippen molar-refractivity contribution in [2.75, 3.05) is 50.9 Å². The quantitative estimate of drug-likeness (QED) is 0.277. The van der Waals surface area contributed by atoms with Gasteiger partial charge in [0.15, 0.2) is 0 Å². The molecule has 1 saturated heterocycles. The van der Waals surface area contributed by atoms with Crippen LogP contribution in [0.3, 0.4) is 0 Å². The highest BCUT2D eigenvalue weighted by atomic mass is 16.1. The van der Waals surface area contributed by atoms with Crippen molar-refractivity contribution >= 4 is 29.1 Å². The second-order valence-electron chi connectivity index (χ2n) is 7.19. The zero-order valence-electron chi connectivity index (χ0n) is 17.3. The minimum Gasteiger partial charge on any atom is -0.397 e. The second kappa shape index (κ2) is 9.80. The van der Waals surface area contributed by atoms with E-state index in [9.17, 15) is 4.79 Å². The number of carbonyl (C=O) groups is 1. The maximum atomic E-state index is 11.1. The first-order chi connectivity index (χ1) is 14.5. The molecule has 2 aromatic heterocycles. The van der Waals surface area contributed by atoms with E-state index < -0.39 is 0 Å². The van der Waals surface area contributed by atoms with Gasteiger partial charge in [-0.25, -0.2) is 4.98 Å². The molecule has 1 aliphatic heterocycles. The van der Waals surface area contributed by atoms with Gasteiger partial charge in [0.1, 0.15) is 12.1 Å². The Balaban J connectivity index is 1.93. The second-order valence-corrected chi connectivity index (χ2v) is 7.19.